The Hall–Kier alpha value is -2.33. The number of hydrogen-bond donors (Lipinski definition) is 2. The lowest BCUT2D eigenvalue weighted by molar-refractivity contribution is 0.451. The van der Waals surface area contributed by atoms with Gasteiger partial charge in [0.25, 0.3) is 0 Å². The Labute approximate surface area is 117 Å². The average molecular weight is 267 g/mol. The first-order valence-electron chi connectivity index (χ1n) is 6.62. The zero-order valence-corrected chi connectivity index (χ0v) is 11.3. The van der Waals surface area contributed by atoms with Gasteiger partial charge in [-0.15, -0.1) is 0 Å². The number of fused-ring (bicyclic) bond motifs is 1. The summed E-state index contributed by atoms with van der Waals surface area (Å²) in [7, 11) is 1.92. The van der Waals surface area contributed by atoms with E-state index in [1.807, 2.05) is 43.6 Å². The highest BCUT2D eigenvalue weighted by Crippen LogP contribution is 2.26. The molecule has 2 heterocycles. The van der Waals surface area contributed by atoms with Crippen molar-refractivity contribution in [2.45, 2.75) is 12.5 Å². The number of para-hydroxylation sites is 1. The third-order valence-electron chi connectivity index (χ3n) is 3.50. The Balaban J connectivity index is 1.91. The molecule has 0 aliphatic heterocycles. The second-order valence-corrected chi connectivity index (χ2v) is 4.81. The highest BCUT2D eigenvalue weighted by Gasteiger charge is 2.16. The highest BCUT2D eigenvalue weighted by molar-refractivity contribution is 5.77. The number of nitrogens with zero attached hydrogens (tertiary/aromatic N) is 1. The maximum atomic E-state index is 5.98. The fourth-order valence-electron chi connectivity index (χ4n) is 2.35. The lowest BCUT2D eigenvalue weighted by Gasteiger charge is -2.14. The summed E-state index contributed by atoms with van der Waals surface area (Å²) >= 11 is 0. The second kappa shape index (κ2) is 5.35. The normalized spacial score (nSPS) is 12.7. The van der Waals surface area contributed by atoms with Gasteiger partial charge in [0.1, 0.15) is 11.3 Å². The summed E-state index contributed by atoms with van der Waals surface area (Å²) < 4.78 is 5.91. The Morgan fingerprint density at radius 2 is 2.15 bits per heavy atom. The number of nitrogen functional groups attached to an aromatic ring is 1. The number of furan rings is 1. The third kappa shape index (κ3) is 2.38. The summed E-state index contributed by atoms with van der Waals surface area (Å²) in [4.78, 5) is 4.13. The fourth-order valence-corrected chi connectivity index (χ4v) is 2.35. The predicted molar refractivity (Wildman–Crippen MR) is 80.4 cm³/mol. The van der Waals surface area contributed by atoms with Crippen LogP contribution in [0.1, 0.15) is 17.4 Å². The Bertz CT molecular complexity index is 687. The first-order valence-corrected chi connectivity index (χ1v) is 6.62. The summed E-state index contributed by atoms with van der Waals surface area (Å²) in [5.74, 6) is 0.914. The van der Waals surface area contributed by atoms with Crippen molar-refractivity contribution in [1.82, 2.24) is 10.3 Å². The van der Waals surface area contributed by atoms with E-state index in [2.05, 4.69) is 16.4 Å². The first kappa shape index (κ1) is 12.7. The molecule has 0 radical (unpaired) electrons. The fraction of sp³-hybridized carbons (Fsp3) is 0.188. The van der Waals surface area contributed by atoms with Gasteiger partial charge in [-0.1, -0.05) is 18.2 Å². The van der Waals surface area contributed by atoms with E-state index in [1.54, 1.807) is 6.20 Å². The molecule has 4 heteroatoms. The molecule has 0 aliphatic rings. The minimum absolute atomic E-state index is 0.0777. The SMILES string of the molecule is CNC(Cc1cnccc1N)c1cc2ccccc2o1. The van der Waals surface area contributed by atoms with Gasteiger partial charge in [0.2, 0.25) is 0 Å². The quantitative estimate of drug-likeness (QED) is 0.763. The van der Waals surface area contributed by atoms with Crippen molar-refractivity contribution in [3.8, 4) is 0 Å². The van der Waals surface area contributed by atoms with Crippen LogP contribution in [0.25, 0.3) is 11.0 Å². The minimum Gasteiger partial charge on any atom is -0.459 e. The Morgan fingerprint density at radius 1 is 1.30 bits per heavy atom. The van der Waals surface area contributed by atoms with Crippen LogP contribution in [-0.2, 0) is 6.42 Å². The van der Waals surface area contributed by atoms with E-state index in [4.69, 9.17) is 10.2 Å². The Kier molecular flexibility index (Phi) is 3.39. The van der Waals surface area contributed by atoms with E-state index >= 15 is 0 Å². The molecule has 4 nitrogen and oxygen atoms in total. The first-order chi connectivity index (χ1) is 9.78. The van der Waals surface area contributed by atoms with Crippen molar-refractivity contribution < 1.29 is 4.42 Å². The van der Waals surface area contributed by atoms with Crippen molar-refractivity contribution in [3.05, 3.63) is 60.1 Å². The van der Waals surface area contributed by atoms with Gasteiger partial charge >= 0.3 is 0 Å². The van der Waals surface area contributed by atoms with Crippen LogP contribution in [0.5, 0.6) is 0 Å². The molecule has 2 aromatic heterocycles. The van der Waals surface area contributed by atoms with Crippen LogP contribution < -0.4 is 11.1 Å². The van der Waals surface area contributed by atoms with E-state index in [1.165, 1.54) is 0 Å². The monoisotopic (exact) mass is 267 g/mol. The summed E-state index contributed by atoms with van der Waals surface area (Å²) in [6.07, 6.45) is 4.26. The molecule has 0 bridgehead atoms. The second-order valence-electron chi connectivity index (χ2n) is 4.81. The minimum atomic E-state index is 0.0777. The molecule has 3 N–H and O–H groups in total. The van der Waals surface area contributed by atoms with Crippen molar-refractivity contribution in [2.24, 2.45) is 0 Å². The standard InChI is InChI=1S/C16H17N3O/c1-18-14(8-12-10-19-7-6-13(12)17)16-9-11-4-2-3-5-15(11)20-16/h2-7,9-10,14,18H,8H2,1H3,(H2,17,19). The molecule has 0 spiro atoms. The van der Waals surface area contributed by atoms with Crippen LogP contribution in [0, 0.1) is 0 Å². The molecule has 102 valence electrons. The van der Waals surface area contributed by atoms with Crippen LogP contribution >= 0.6 is 0 Å². The zero-order valence-electron chi connectivity index (χ0n) is 11.3. The zero-order chi connectivity index (χ0) is 13.9. The highest BCUT2D eigenvalue weighted by atomic mass is 16.3. The van der Waals surface area contributed by atoms with Gasteiger partial charge in [-0.25, -0.2) is 0 Å². The largest absolute Gasteiger partial charge is 0.459 e. The van der Waals surface area contributed by atoms with Gasteiger partial charge in [-0.05, 0) is 37.2 Å². The maximum absolute atomic E-state index is 5.98. The lowest BCUT2D eigenvalue weighted by atomic mass is 10.0. The van der Waals surface area contributed by atoms with E-state index in [0.717, 1.165) is 34.4 Å². The van der Waals surface area contributed by atoms with Gasteiger partial charge in [0.05, 0.1) is 6.04 Å². The number of likely N-dealkylation sites (N-methyl/N-ethyl adjacent to an activating group) is 1. The molecule has 1 aromatic carbocycles. The number of rotatable bonds is 4. The summed E-state index contributed by atoms with van der Waals surface area (Å²) in [6.45, 7) is 0. The molecule has 0 fully saturated rings. The van der Waals surface area contributed by atoms with E-state index < -0.39 is 0 Å². The third-order valence-corrected chi connectivity index (χ3v) is 3.50. The molecular formula is C16H17N3O. The molecule has 3 aromatic rings. The number of anilines is 1. The van der Waals surface area contributed by atoms with Crippen LogP contribution in [-0.4, -0.2) is 12.0 Å². The molecular weight excluding hydrogens is 250 g/mol. The van der Waals surface area contributed by atoms with Crippen molar-refractivity contribution in [2.75, 3.05) is 12.8 Å². The number of aromatic nitrogens is 1. The van der Waals surface area contributed by atoms with E-state index in [-0.39, 0.29) is 6.04 Å². The molecule has 1 atom stereocenters. The molecule has 0 amide bonds. The van der Waals surface area contributed by atoms with E-state index in [9.17, 15) is 0 Å². The molecule has 0 saturated carbocycles. The molecule has 3 rings (SSSR count). The summed E-state index contributed by atoms with van der Waals surface area (Å²) in [6, 6.07) is 12.0. The summed E-state index contributed by atoms with van der Waals surface area (Å²) in [5.41, 5.74) is 8.66. The number of pyridine rings is 1. The van der Waals surface area contributed by atoms with Crippen molar-refractivity contribution >= 4 is 16.7 Å². The van der Waals surface area contributed by atoms with Crippen LogP contribution in [0.2, 0.25) is 0 Å². The molecule has 0 aliphatic carbocycles. The number of hydrogen-bond acceptors (Lipinski definition) is 4. The average Bonchev–Trinajstić information content (AvgIpc) is 2.90. The number of nitrogens with one attached hydrogen (secondary N) is 1. The lowest BCUT2D eigenvalue weighted by Crippen LogP contribution is -2.18. The van der Waals surface area contributed by atoms with Crippen molar-refractivity contribution in [3.63, 3.8) is 0 Å². The molecule has 0 saturated heterocycles. The molecule has 20 heavy (non-hydrogen) atoms. The maximum Gasteiger partial charge on any atom is 0.134 e. The number of nitrogens with two attached hydrogens (primary N) is 1. The summed E-state index contributed by atoms with van der Waals surface area (Å²) in [5, 5.41) is 4.39. The molecule has 1 unspecified atom stereocenters. The van der Waals surface area contributed by atoms with Gasteiger partial charge in [-0.2, -0.15) is 0 Å². The van der Waals surface area contributed by atoms with Crippen LogP contribution in [0.15, 0.2) is 53.2 Å². The van der Waals surface area contributed by atoms with Gasteiger partial charge in [0.15, 0.2) is 0 Å². The van der Waals surface area contributed by atoms with Crippen LogP contribution in [0.3, 0.4) is 0 Å². The van der Waals surface area contributed by atoms with Gasteiger partial charge < -0.3 is 15.5 Å². The van der Waals surface area contributed by atoms with E-state index in [0.29, 0.717) is 0 Å². The number of benzene rings is 1. The van der Waals surface area contributed by atoms with Gasteiger partial charge in [-0.3, -0.25) is 4.98 Å². The van der Waals surface area contributed by atoms with Gasteiger partial charge in [0, 0.05) is 23.5 Å². The van der Waals surface area contributed by atoms with Crippen LogP contribution in [0.4, 0.5) is 5.69 Å². The topological polar surface area (TPSA) is 64.1 Å². The Morgan fingerprint density at radius 3 is 2.90 bits per heavy atom. The predicted octanol–water partition coefficient (Wildman–Crippen LogP) is 2.91. The smallest absolute Gasteiger partial charge is 0.134 e. The van der Waals surface area contributed by atoms with Crippen molar-refractivity contribution in [1.29, 1.82) is 0 Å².